The Bertz CT molecular complexity index is 1920. The van der Waals surface area contributed by atoms with Gasteiger partial charge in [-0.15, -0.1) is 0 Å². The van der Waals surface area contributed by atoms with E-state index in [0.29, 0.717) is 11.6 Å². The summed E-state index contributed by atoms with van der Waals surface area (Å²) in [5, 5.41) is 2.30. The minimum absolute atomic E-state index is 0.0748. The first-order valence-electron chi connectivity index (χ1n) is 12.3. The van der Waals surface area contributed by atoms with Gasteiger partial charge in [-0.2, -0.15) is 13.2 Å². The smallest absolute Gasteiger partial charge is 0.322 e. The van der Waals surface area contributed by atoms with Crippen molar-refractivity contribution < 1.29 is 34.8 Å². The van der Waals surface area contributed by atoms with Gasteiger partial charge in [0.2, 0.25) is 10.0 Å². The van der Waals surface area contributed by atoms with Gasteiger partial charge < -0.3 is 5.32 Å². The Labute approximate surface area is 266 Å². The Morgan fingerprint density at radius 1 is 0.818 bits per heavy atom. The highest BCUT2D eigenvalue weighted by Gasteiger charge is 2.33. The molecule has 8 nitrogen and oxygen atoms in total. The predicted molar refractivity (Wildman–Crippen MR) is 166 cm³/mol. The molecule has 16 heteroatoms. The molecule has 0 atom stereocenters. The van der Waals surface area contributed by atoms with Crippen LogP contribution < -0.4 is 14.3 Å². The molecule has 0 fully saturated rings. The van der Waals surface area contributed by atoms with E-state index in [9.17, 15) is 34.8 Å². The van der Waals surface area contributed by atoms with Crippen molar-refractivity contribution in [3.8, 4) is 0 Å². The molecule has 4 aromatic carbocycles. The molecular weight excluding hydrogens is 686 g/mol. The van der Waals surface area contributed by atoms with E-state index in [1.165, 1.54) is 48.5 Å². The summed E-state index contributed by atoms with van der Waals surface area (Å²) in [5.41, 5.74) is -0.317. The van der Waals surface area contributed by atoms with Crippen LogP contribution in [0.5, 0.6) is 0 Å². The molecule has 0 aliphatic rings. The van der Waals surface area contributed by atoms with Crippen LogP contribution in [0.15, 0.2) is 89.8 Å². The zero-order chi connectivity index (χ0) is 32.4. The van der Waals surface area contributed by atoms with E-state index in [2.05, 4.69) is 10.0 Å². The van der Waals surface area contributed by atoms with E-state index in [1.807, 2.05) is 0 Å². The number of carbonyl (C=O) groups is 1. The highest BCUT2D eigenvalue weighted by Crippen LogP contribution is 2.37. The minimum atomic E-state index is -4.78. The molecule has 0 aliphatic carbocycles. The molecule has 1 amide bonds. The second-order valence-corrected chi connectivity index (χ2v) is 14.1. The average molecular weight is 707 g/mol. The van der Waals surface area contributed by atoms with Gasteiger partial charge in [-0.3, -0.25) is 13.8 Å². The van der Waals surface area contributed by atoms with Crippen molar-refractivity contribution in [2.24, 2.45) is 0 Å². The lowest BCUT2D eigenvalue weighted by molar-refractivity contribution is -0.137. The van der Waals surface area contributed by atoms with Crippen molar-refractivity contribution in [1.82, 2.24) is 0 Å². The van der Waals surface area contributed by atoms with Crippen molar-refractivity contribution in [3.63, 3.8) is 0 Å². The number of rotatable bonds is 9. The van der Waals surface area contributed by atoms with E-state index in [-0.39, 0.29) is 44.1 Å². The Morgan fingerprint density at radius 3 is 2.02 bits per heavy atom. The van der Waals surface area contributed by atoms with Gasteiger partial charge in [0.25, 0.3) is 15.9 Å². The molecule has 44 heavy (non-hydrogen) atoms. The molecule has 232 valence electrons. The molecule has 0 spiro atoms. The number of alkyl halides is 3. The maximum absolute atomic E-state index is 13.1. The first-order chi connectivity index (χ1) is 20.5. The molecule has 0 heterocycles. The normalized spacial score (nSPS) is 12.1. The summed E-state index contributed by atoms with van der Waals surface area (Å²) < 4.78 is 93.0. The second-order valence-electron chi connectivity index (χ2n) is 9.32. The third-order valence-electron chi connectivity index (χ3n) is 6.09. The van der Waals surface area contributed by atoms with Gasteiger partial charge >= 0.3 is 6.18 Å². The van der Waals surface area contributed by atoms with Gasteiger partial charge in [-0.05, 0) is 72.3 Å². The molecule has 0 saturated heterocycles. The minimum Gasteiger partial charge on any atom is -0.322 e. The Balaban J connectivity index is 1.44. The molecule has 4 rings (SSSR count). The number of sulfonamides is 2. The van der Waals surface area contributed by atoms with Crippen molar-refractivity contribution in [2.45, 2.75) is 17.6 Å². The maximum Gasteiger partial charge on any atom is 0.417 e. The monoisotopic (exact) mass is 705 g/mol. The topological polar surface area (TPSA) is 113 Å². The Morgan fingerprint density at radius 2 is 1.43 bits per heavy atom. The molecule has 0 unspecified atom stereocenters. The van der Waals surface area contributed by atoms with Crippen molar-refractivity contribution in [1.29, 1.82) is 0 Å². The van der Waals surface area contributed by atoms with E-state index in [0.717, 1.165) is 22.7 Å². The molecular formula is C28H21Cl3F3N3O5S2. The standard InChI is InChI=1S/C28H21Cl3F3N3O5S2/c1-43(39,40)37(25-4-2-3-24(30)26(25)31)16-17-5-7-18(8-6-17)27(38)35-19-9-12-21(13-10-19)44(41,42)36-20-11-14-23(29)22(15-20)28(32,33)34/h2-15,36H,16H2,1H3,(H,35,38). The van der Waals surface area contributed by atoms with Crippen LogP contribution in [0.1, 0.15) is 21.5 Å². The van der Waals surface area contributed by atoms with E-state index in [1.54, 1.807) is 18.2 Å². The third-order valence-corrected chi connectivity index (χ3v) is 9.75. The van der Waals surface area contributed by atoms with Crippen LogP contribution in [0.4, 0.5) is 30.2 Å². The lowest BCUT2D eigenvalue weighted by Gasteiger charge is -2.24. The number of hydrogen-bond acceptors (Lipinski definition) is 5. The number of nitrogens with one attached hydrogen (secondary N) is 2. The van der Waals surface area contributed by atoms with Gasteiger partial charge in [0.05, 0.1) is 44.0 Å². The highest BCUT2D eigenvalue weighted by atomic mass is 35.5. The van der Waals surface area contributed by atoms with Crippen LogP contribution in [0.2, 0.25) is 15.1 Å². The fourth-order valence-corrected chi connectivity index (χ4v) is 6.55. The van der Waals surface area contributed by atoms with Crippen LogP contribution in [0, 0.1) is 0 Å². The first-order valence-corrected chi connectivity index (χ1v) is 16.7. The number of benzene rings is 4. The van der Waals surface area contributed by atoms with E-state index in [4.69, 9.17) is 34.8 Å². The van der Waals surface area contributed by atoms with Gasteiger partial charge in [0, 0.05) is 16.9 Å². The van der Waals surface area contributed by atoms with Crippen LogP contribution >= 0.6 is 34.8 Å². The number of halogens is 6. The van der Waals surface area contributed by atoms with Crippen molar-refractivity contribution in [2.75, 3.05) is 20.6 Å². The van der Waals surface area contributed by atoms with Crippen LogP contribution in [0.3, 0.4) is 0 Å². The zero-order valence-electron chi connectivity index (χ0n) is 22.4. The molecule has 4 aromatic rings. The molecule has 0 aromatic heterocycles. The van der Waals surface area contributed by atoms with E-state index >= 15 is 0 Å². The summed E-state index contributed by atoms with van der Waals surface area (Å²) in [6.07, 6.45) is -3.75. The molecule has 0 saturated carbocycles. The summed E-state index contributed by atoms with van der Waals surface area (Å²) >= 11 is 17.9. The molecule has 0 aliphatic heterocycles. The highest BCUT2D eigenvalue weighted by molar-refractivity contribution is 7.92. The van der Waals surface area contributed by atoms with Crippen LogP contribution in [0.25, 0.3) is 0 Å². The van der Waals surface area contributed by atoms with Crippen LogP contribution in [-0.2, 0) is 32.8 Å². The molecule has 2 N–H and O–H groups in total. The number of amides is 1. The number of anilines is 3. The Hall–Kier alpha value is -3.49. The van der Waals surface area contributed by atoms with Gasteiger partial charge in [-0.1, -0.05) is 53.0 Å². The van der Waals surface area contributed by atoms with Crippen LogP contribution in [-0.4, -0.2) is 29.0 Å². The largest absolute Gasteiger partial charge is 0.417 e. The second kappa shape index (κ2) is 12.9. The first kappa shape index (κ1) is 33.4. The van der Waals surface area contributed by atoms with Gasteiger partial charge in [0.1, 0.15) is 0 Å². The fraction of sp³-hybridized carbons (Fsp3) is 0.107. The number of nitrogens with zero attached hydrogens (tertiary/aromatic N) is 1. The third kappa shape index (κ3) is 7.96. The molecule has 0 bridgehead atoms. The quantitative estimate of drug-likeness (QED) is 0.185. The zero-order valence-corrected chi connectivity index (χ0v) is 26.3. The SMILES string of the molecule is CS(=O)(=O)N(Cc1ccc(C(=O)Nc2ccc(S(=O)(=O)Nc3ccc(Cl)c(C(F)(F)F)c3)cc2)cc1)c1cccc(Cl)c1Cl. The number of carbonyl (C=O) groups excluding carboxylic acids is 1. The average Bonchev–Trinajstić information content (AvgIpc) is 2.94. The maximum atomic E-state index is 13.1. The fourth-order valence-electron chi connectivity index (χ4n) is 3.93. The summed E-state index contributed by atoms with van der Waals surface area (Å²) in [5.74, 6) is -0.538. The predicted octanol–water partition coefficient (Wildman–Crippen LogP) is 7.68. The summed E-state index contributed by atoms with van der Waals surface area (Å²) in [6.45, 7) is -0.0850. The number of hydrogen-bond donors (Lipinski definition) is 2. The molecule has 0 radical (unpaired) electrons. The lowest BCUT2D eigenvalue weighted by atomic mass is 10.1. The van der Waals surface area contributed by atoms with Gasteiger partial charge in [-0.25, -0.2) is 16.8 Å². The Kier molecular flexibility index (Phi) is 9.76. The summed E-state index contributed by atoms with van der Waals surface area (Å²) in [6, 6.07) is 18.3. The summed E-state index contributed by atoms with van der Waals surface area (Å²) in [4.78, 5) is 12.5. The van der Waals surface area contributed by atoms with E-state index < -0.39 is 42.7 Å². The van der Waals surface area contributed by atoms with Crippen molar-refractivity contribution in [3.05, 3.63) is 117 Å². The van der Waals surface area contributed by atoms with Crippen molar-refractivity contribution >= 4 is 77.8 Å². The summed E-state index contributed by atoms with van der Waals surface area (Å²) in [7, 11) is -8.02. The lowest BCUT2D eigenvalue weighted by Crippen LogP contribution is -2.29. The van der Waals surface area contributed by atoms with Gasteiger partial charge in [0.15, 0.2) is 0 Å².